The summed E-state index contributed by atoms with van der Waals surface area (Å²) in [5.41, 5.74) is 1.35. The molecule has 1 nitrogen and oxygen atoms in total. The van der Waals surface area contributed by atoms with Crippen molar-refractivity contribution in [2.45, 2.75) is 37.9 Å². The van der Waals surface area contributed by atoms with E-state index in [4.69, 9.17) is 4.74 Å². The molecular weight excluding hydrogens is 264 g/mol. The van der Waals surface area contributed by atoms with E-state index >= 15 is 0 Å². The SMILES string of the molecule is COc1cccc(CCC(Br)CC(C)C)c1. The van der Waals surface area contributed by atoms with Gasteiger partial charge in [0.2, 0.25) is 0 Å². The number of aryl methyl sites for hydroxylation is 1. The topological polar surface area (TPSA) is 9.23 Å². The summed E-state index contributed by atoms with van der Waals surface area (Å²) in [6, 6.07) is 8.33. The Hall–Kier alpha value is -0.500. The van der Waals surface area contributed by atoms with Crippen molar-refractivity contribution in [1.29, 1.82) is 0 Å². The standard InChI is InChI=1S/C14H21BrO/c1-11(2)9-13(15)8-7-12-5-4-6-14(10-12)16-3/h4-6,10-11,13H,7-9H2,1-3H3. The Balaban J connectivity index is 2.41. The van der Waals surface area contributed by atoms with Gasteiger partial charge >= 0.3 is 0 Å². The van der Waals surface area contributed by atoms with E-state index in [1.165, 1.54) is 18.4 Å². The van der Waals surface area contributed by atoms with Gasteiger partial charge in [0.05, 0.1) is 7.11 Å². The van der Waals surface area contributed by atoms with Gasteiger partial charge in [0.25, 0.3) is 0 Å². The first kappa shape index (κ1) is 13.6. The minimum absolute atomic E-state index is 0.624. The second-order valence-electron chi connectivity index (χ2n) is 4.62. The second-order valence-corrected chi connectivity index (χ2v) is 5.91. The van der Waals surface area contributed by atoms with Gasteiger partial charge in [-0.1, -0.05) is 41.9 Å². The summed E-state index contributed by atoms with van der Waals surface area (Å²) in [4.78, 5) is 0.624. The van der Waals surface area contributed by atoms with Gasteiger partial charge in [0.1, 0.15) is 5.75 Å². The number of benzene rings is 1. The largest absolute Gasteiger partial charge is 0.497 e. The van der Waals surface area contributed by atoms with Crippen molar-refractivity contribution in [2.24, 2.45) is 5.92 Å². The third kappa shape index (κ3) is 5.02. The van der Waals surface area contributed by atoms with E-state index in [1.807, 2.05) is 6.07 Å². The summed E-state index contributed by atoms with van der Waals surface area (Å²) in [6.45, 7) is 4.53. The van der Waals surface area contributed by atoms with E-state index in [0.29, 0.717) is 4.83 Å². The molecule has 0 aliphatic rings. The smallest absolute Gasteiger partial charge is 0.119 e. The molecule has 1 rings (SSSR count). The van der Waals surface area contributed by atoms with E-state index in [2.05, 4.69) is 48.0 Å². The van der Waals surface area contributed by atoms with Gasteiger partial charge in [-0.25, -0.2) is 0 Å². The summed E-state index contributed by atoms with van der Waals surface area (Å²) in [7, 11) is 1.71. The van der Waals surface area contributed by atoms with Crippen LogP contribution in [0.3, 0.4) is 0 Å². The Labute approximate surface area is 107 Å². The number of ether oxygens (including phenoxy) is 1. The molecule has 0 radical (unpaired) electrons. The van der Waals surface area contributed by atoms with Crippen LogP contribution in [0.2, 0.25) is 0 Å². The van der Waals surface area contributed by atoms with Crippen molar-refractivity contribution in [1.82, 2.24) is 0 Å². The molecule has 0 aliphatic carbocycles. The molecule has 1 atom stereocenters. The molecule has 0 N–H and O–H groups in total. The van der Waals surface area contributed by atoms with E-state index in [1.54, 1.807) is 7.11 Å². The van der Waals surface area contributed by atoms with Gasteiger partial charge in [0.15, 0.2) is 0 Å². The van der Waals surface area contributed by atoms with Crippen LogP contribution in [-0.2, 0) is 6.42 Å². The van der Waals surface area contributed by atoms with Crippen LogP contribution in [0, 0.1) is 5.92 Å². The first-order valence-electron chi connectivity index (χ1n) is 5.88. The Morgan fingerprint density at radius 2 is 2.06 bits per heavy atom. The molecule has 0 bridgehead atoms. The first-order valence-corrected chi connectivity index (χ1v) is 6.80. The number of halogens is 1. The Bertz CT molecular complexity index is 309. The van der Waals surface area contributed by atoms with Crippen LogP contribution >= 0.6 is 15.9 Å². The summed E-state index contributed by atoms with van der Waals surface area (Å²) >= 11 is 3.74. The van der Waals surface area contributed by atoms with Crippen molar-refractivity contribution in [3.63, 3.8) is 0 Å². The third-order valence-electron chi connectivity index (χ3n) is 2.61. The van der Waals surface area contributed by atoms with Crippen molar-refractivity contribution >= 4 is 15.9 Å². The van der Waals surface area contributed by atoms with Crippen LogP contribution in [-0.4, -0.2) is 11.9 Å². The summed E-state index contributed by atoms with van der Waals surface area (Å²) in [5.74, 6) is 1.71. The maximum Gasteiger partial charge on any atom is 0.119 e. The van der Waals surface area contributed by atoms with Crippen LogP contribution < -0.4 is 4.74 Å². The third-order valence-corrected chi connectivity index (χ3v) is 3.44. The molecule has 1 unspecified atom stereocenters. The van der Waals surface area contributed by atoms with Crippen molar-refractivity contribution in [3.8, 4) is 5.75 Å². The first-order chi connectivity index (χ1) is 7.61. The van der Waals surface area contributed by atoms with Crippen LogP contribution in [0.15, 0.2) is 24.3 Å². The fourth-order valence-corrected chi connectivity index (χ4v) is 2.76. The van der Waals surface area contributed by atoms with E-state index in [9.17, 15) is 0 Å². The highest BCUT2D eigenvalue weighted by Gasteiger charge is 2.07. The molecule has 0 fully saturated rings. The fourth-order valence-electron chi connectivity index (χ4n) is 1.78. The fraction of sp³-hybridized carbons (Fsp3) is 0.571. The average molecular weight is 285 g/mol. The molecule has 0 aliphatic heterocycles. The lowest BCUT2D eigenvalue weighted by Crippen LogP contribution is -2.04. The summed E-state index contributed by atoms with van der Waals surface area (Å²) in [6.07, 6.45) is 3.54. The molecule has 1 aromatic carbocycles. The zero-order valence-electron chi connectivity index (χ0n) is 10.4. The molecule has 0 spiro atoms. The highest BCUT2D eigenvalue weighted by molar-refractivity contribution is 9.09. The summed E-state index contributed by atoms with van der Waals surface area (Å²) < 4.78 is 5.21. The maximum absolute atomic E-state index is 5.21. The predicted octanol–water partition coefficient (Wildman–Crippen LogP) is 4.44. The highest BCUT2D eigenvalue weighted by Crippen LogP contribution is 2.20. The minimum Gasteiger partial charge on any atom is -0.497 e. The van der Waals surface area contributed by atoms with Gasteiger partial charge in [-0.3, -0.25) is 0 Å². The quantitative estimate of drug-likeness (QED) is 0.702. The number of hydrogen-bond acceptors (Lipinski definition) is 1. The molecular formula is C14H21BrO. The van der Waals surface area contributed by atoms with Gasteiger partial charge in [-0.2, -0.15) is 0 Å². The van der Waals surface area contributed by atoms with E-state index in [-0.39, 0.29) is 0 Å². The number of rotatable bonds is 6. The zero-order valence-corrected chi connectivity index (χ0v) is 12.0. The van der Waals surface area contributed by atoms with E-state index < -0.39 is 0 Å². The Morgan fingerprint density at radius 3 is 2.69 bits per heavy atom. The molecule has 0 amide bonds. The van der Waals surface area contributed by atoms with Gasteiger partial charge in [-0.15, -0.1) is 0 Å². The number of alkyl halides is 1. The second kappa shape index (κ2) is 6.95. The van der Waals surface area contributed by atoms with Gasteiger partial charge in [-0.05, 0) is 42.9 Å². The lowest BCUT2D eigenvalue weighted by Gasteiger charge is -2.12. The van der Waals surface area contributed by atoms with Crippen LogP contribution in [0.5, 0.6) is 5.75 Å². The van der Waals surface area contributed by atoms with Crippen LogP contribution in [0.1, 0.15) is 32.3 Å². The monoisotopic (exact) mass is 284 g/mol. The molecule has 2 heteroatoms. The maximum atomic E-state index is 5.21. The van der Waals surface area contributed by atoms with Crippen molar-refractivity contribution in [3.05, 3.63) is 29.8 Å². The Kier molecular flexibility index (Phi) is 5.89. The molecule has 0 heterocycles. The minimum atomic E-state index is 0.624. The number of hydrogen-bond donors (Lipinski definition) is 0. The molecule has 0 saturated carbocycles. The normalized spacial score (nSPS) is 12.8. The molecule has 0 aromatic heterocycles. The average Bonchev–Trinajstić information content (AvgIpc) is 2.26. The van der Waals surface area contributed by atoms with Crippen molar-refractivity contribution in [2.75, 3.05) is 7.11 Å². The predicted molar refractivity (Wildman–Crippen MR) is 73.5 cm³/mol. The van der Waals surface area contributed by atoms with Crippen molar-refractivity contribution < 1.29 is 4.74 Å². The lowest BCUT2D eigenvalue weighted by molar-refractivity contribution is 0.414. The van der Waals surface area contributed by atoms with Crippen LogP contribution in [0.25, 0.3) is 0 Å². The molecule has 1 aromatic rings. The summed E-state index contributed by atoms with van der Waals surface area (Å²) in [5, 5.41) is 0. The Morgan fingerprint density at radius 1 is 1.31 bits per heavy atom. The lowest BCUT2D eigenvalue weighted by atomic mass is 10.0. The van der Waals surface area contributed by atoms with Gasteiger partial charge < -0.3 is 4.74 Å². The van der Waals surface area contributed by atoms with Crippen LogP contribution in [0.4, 0.5) is 0 Å². The van der Waals surface area contributed by atoms with E-state index in [0.717, 1.165) is 18.1 Å². The van der Waals surface area contributed by atoms with Gasteiger partial charge in [0, 0.05) is 4.83 Å². The zero-order chi connectivity index (χ0) is 12.0. The molecule has 90 valence electrons. The highest BCUT2D eigenvalue weighted by atomic mass is 79.9. The molecule has 0 saturated heterocycles. The number of methoxy groups -OCH3 is 1. The molecule has 16 heavy (non-hydrogen) atoms.